The molecule has 14 heavy (non-hydrogen) atoms. The molecule has 3 atom stereocenters. The number of aliphatic hydroxyl groups excluding tert-OH is 2. The van der Waals surface area contributed by atoms with Crippen LogP contribution in [-0.2, 0) is 4.74 Å². The zero-order valence-electron chi connectivity index (χ0n) is 8.94. The SMILES string of the molecule is CCOC1=CCC(CO)C(CO)C1C. The monoisotopic (exact) mass is 200 g/mol. The predicted molar refractivity (Wildman–Crippen MR) is 54.6 cm³/mol. The van der Waals surface area contributed by atoms with Crippen molar-refractivity contribution in [3.63, 3.8) is 0 Å². The van der Waals surface area contributed by atoms with Crippen molar-refractivity contribution in [2.24, 2.45) is 17.8 Å². The third-order valence-electron chi connectivity index (χ3n) is 3.07. The van der Waals surface area contributed by atoms with E-state index in [1.54, 1.807) is 0 Å². The molecular formula is C11H20O3. The summed E-state index contributed by atoms with van der Waals surface area (Å²) in [6, 6.07) is 0. The normalized spacial score (nSPS) is 32.6. The lowest BCUT2D eigenvalue weighted by atomic mass is 9.76. The first-order chi connectivity index (χ1) is 6.74. The van der Waals surface area contributed by atoms with Crippen molar-refractivity contribution in [1.82, 2.24) is 0 Å². The fourth-order valence-electron chi connectivity index (χ4n) is 2.12. The molecule has 0 aliphatic heterocycles. The molecule has 0 spiro atoms. The Morgan fingerprint density at radius 3 is 2.64 bits per heavy atom. The molecule has 0 saturated heterocycles. The van der Waals surface area contributed by atoms with E-state index in [9.17, 15) is 5.11 Å². The van der Waals surface area contributed by atoms with E-state index < -0.39 is 0 Å². The standard InChI is InChI=1S/C11H20O3/c1-3-14-11-5-4-9(6-12)10(7-13)8(11)2/h5,8-10,12-13H,3-4,6-7H2,1-2H3. The Balaban J connectivity index is 2.70. The lowest BCUT2D eigenvalue weighted by Gasteiger charge is -2.34. The Morgan fingerprint density at radius 1 is 1.43 bits per heavy atom. The highest BCUT2D eigenvalue weighted by Gasteiger charge is 2.32. The topological polar surface area (TPSA) is 49.7 Å². The van der Waals surface area contributed by atoms with Crippen molar-refractivity contribution in [2.45, 2.75) is 20.3 Å². The van der Waals surface area contributed by atoms with E-state index in [0.717, 1.165) is 12.2 Å². The van der Waals surface area contributed by atoms with Gasteiger partial charge in [0.2, 0.25) is 0 Å². The molecule has 1 rings (SSSR count). The summed E-state index contributed by atoms with van der Waals surface area (Å²) in [6.07, 6.45) is 2.85. The average molecular weight is 200 g/mol. The van der Waals surface area contributed by atoms with E-state index in [2.05, 4.69) is 0 Å². The maximum Gasteiger partial charge on any atom is 0.0951 e. The maximum atomic E-state index is 9.26. The number of hydrogen-bond acceptors (Lipinski definition) is 3. The summed E-state index contributed by atoms with van der Waals surface area (Å²) in [5, 5.41) is 18.4. The molecular weight excluding hydrogens is 180 g/mol. The molecule has 0 heterocycles. The first-order valence-corrected chi connectivity index (χ1v) is 5.29. The Kier molecular flexibility index (Phi) is 4.42. The van der Waals surface area contributed by atoms with Gasteiger partial charge in [0.15, 0.2) is 0 Å². The van der Waals surface area contributed by atoms with Crippen LogP contribution in [0.15, 0.2) is 11.8 Å². The molecule has 0 aromatic heterocycles. The van der Waals surface area contributed by atoms with Crippen LogP contribution in [0, 0.1) is 17.8 Å². The predicted octanol–water partition coefficient (Wildman–Crippen LogP) is 1.16. The van der Waals surface area contributed by atoms with E-state index in [0.29, 0.717) is 6.61 Å². The molecule has 0 radical (unpaired) electrons. The lowest BCUT2D eigenvalue weighted by molar-refractivity contribution is 0.0568. The summed E-state index contributed by atoms with van der Waals surface area (Å²) in [5.41, 5.74) is 0. The summed E-state index contributed by atoms with van der Waals surface area (Å²) < 4.78 is 5.49. The van der Waals surface area contributed by atoms with Gasteiger partial charge in [-0.25, -0.2) is 0 Å². The van der Waals surface area contributed by atoms with E-state index >= 15 is 0 Å². The Bertz CT molecular complexity index is 201. The minimum absolute atomic E-state index is 0.122. The summed E-state index contributed by atoms with van der Waals surface area (Å²) >= 11 is 0. The zero-order chi connectivity index (χ0) is 10.6. The first kappa shape index (κ1) is 11.5. The number of hydrogen-bond donors (Lipinski definition) is 2. The van der Waals surface area contributed by atoms with Gasteiger partial charge in [0.1, 0.15) is 0 Å². The molecule has 0 aromatic rings. The highest BCUT2D eigenvalue weighted by atomic mass is 16.5. The molecule has 3 heteroatoms. The molecule has 2 N–H and O–H groups in total. The van der Waals surface area contributed by atoms with Crippen molar-refractivity contribution in [3.05, 3.63) is 11.8 Å². The van der Waals surface area contributed by atoms with Gasteiger partial charge in [-0.1, -0.05) is 6.92 Å². The Hall–Kier alpha value is -0.540. The minimum atomic E-state index is 0.122. The smallest absolute Gasteiger partial charge is 0.0951 e. The quantitative estimate of drug-likeness (QED) is 0.716. The van der Waals surface area contributed by atoms with Gasteiger partial charge in [0.25, 0.3) is 0 Å². The van der Waals surface area contributed by atoms with Gasteiger partial charge in [-0.05, 0) is 31.3 Å². The molecule has 0 amide bonds. The van der Waals surface area contributed by atoms with Crippen molar-refractivity contribution in [2.75, 3.05) is 19.8 Å². The molecule has 0 aromatic carbocycles. The third-order valence-corrected chi connectivity index (χ3v) is 3.07. The summed E-state index contributed by atoms with van der Waals surface area (Å²) in [7, 11) is 0. The van der Waals surface area contributed by atoms with Gasteiger partial charge in [-0.2, -0.15) is 0 Å². The van der Waals surface area contributed by atoms with Crippen molar-refractivity contribution >= 4 is 0 Å². The summed E-state index contributed by atoms with van der Waals surface area (Å²) in [5.74, 6) is 1.49. The van der Waals surface area contributed by atoms with Gasteiger partial charge in [-0.3, -0.25) is 0 Å². The van der Waals surface area contributed by atoms with Gasteiger partial charge in [0.05, 0.1) is 12.4 Å². The average Bonchev–Trinajstić information content (AvgIpc) is 2.21. The van der Waals surface area contributed by atoms with E-state index in [-0.39, 0.29) is 31.0 Å². The van der Waals surface area contributed by atoms with Gasteiger partial charge < -0.3 is 14.9 Å². The van der Waals surface area contributed by atoms with Crippen molar-refractivity contribution in [1.29, 1.82) is 0 Å². The second-order valence-electron chi connectivity index (χ2n) is 3.85. The van der Waals surface area contributed by atoms with Crippen LogP contribution in [-0.4, -0.2) is 30.0 Å². The van der Waals surface area contributed by atoms with Gasteiger partial charge in [-0.15, -0.1) is 0 Å². The lowest BCUT2D eigenvalue weighted by Crippen LogP contribution is -2.32. The van der Waals surface area contributed by atoms with Crippen LogP contribution in [0.2, 0.25) is 0 Å². The maximum absolute atomic E-state index is 9.26. The van der Waals surface area contributed by atoms with E-state index in [4.69, 9.17) is 9.84 Å². The van der Waals surface area contributed by atoms with Gasteiger partial charge in [0, 0.05) is 19.1 Å². The number of rotatable bonds is 4. The van der Waals surface area contributed by atoms with Gasteiger partial charge >= 0.3 is 0 Å². The number of allylic oxidation sites excluding steroid dienone is 2. The van der Waals surface area contributed by atoms with Crippen molar-refractivity contribution in [3.8, 4) is 0 Å². The van der Waals surface area contributed by atoms with Crippen LogP contribution in [0.25, 0.3) is 0 Å². The molecule has 1 aliphatic carbocycles. The van der Waals surface area contributed by atoms with Crippen LogP contribution in [0.4, 0.5) is 0 Å². The molecule has 0 saturated carbocycles. The van der Waals surface area contributed by atoms with Crippen LogP contribution in [0.5, 0.6) is 0 Å². The third kappa shape index (κ3) is 2.28. The second kappa shape index (κ2) is 5.37. The summed E-state index contributed by atoms with van der Waals surface area (Å²) in [4.78, 5) is 0. The molecule has 3 unspecified atom stereocenters. The Labute approximate surface area is 85.4 Å². The molecule has 0 bridgehead atoms. The van der Waals surface area contributed by atoms with Crippen molar-refractivity contribution < 1.29 is 14.9 Å². The van der Waals surface area contributed by atoms with Crippen LogP contribution < -0.4 is 0 Å². The fourth-order valence-corrected chi connectivity index (χ4v) is 2.12. The minimum Gasteiger partial charge on any atom is -0.498 e. The highest BCUT2D eigenvalue weighted by Crippen LogP contribution is 2.34. The van der Waals surface area contributed by atoms with E-state index in [1.807, 2.05) is 19.9 Å². The Morgan fingerprint density at radius 2 is 2.14 bits per heavy atom. The van der Waals surface area contributed by atoms with Crippen LogP contribution >= 0.6 is 0 Å². The number of ether oxygens (including phenoxy) is 1. The molecule has 1 aliphatic rings. The zero-order valence-corrected chi connectivity index (χ0v) is 8.94. The fraction of sp³-hybridized carbons (Fsp3) is 0.818. The second-order valence-corrected chi connectivity index (χ2v) is 3.85. The van der Waals surface area contributed by atoms with Crippen LogP contribution in [0.3, 0.4) is 0 Å². The molecule has 0 fully saturated rings. The summed E-state index contributed by atoms with van der Waals surface area (Å²) in [6.45, 7) is 4.93. The van der Waals surface area contributed by atoms with E-state index in [1.165, 1.54) is 0 Å². The highest BCUT2D eigenvalue weighted by molar-refractivity contribution is 5.06. The van der Waals surface area contributed by atoms with Crippen LogP contribution in [0.1, 0.15) is 20.3 Å². The first-order valence-electron chi connectivity index (χ1n) is 5.29. The molecule has 82 valence electrons. The number of aliphatic hydroxyl groups is 2. The largest absolute Gasteiger partial charge is 0.498 e. The molecule has 3 nitrogen and oxygen atoms in total.